The Kier molecular flexibility index (Phi) is 6.28. The van der Waals surface area contributed by atoms with E-state index in [0.717, 1.165) is 57.2 Å². The number of aryl methyl sites for hydroxylation is 1. The van der Waals surface area contributed by atoms with E-state index in [-0.39, 0.29) is 23.5 Å². The van der Waals surface area contributed by atoms with Crippen molar-refractivity contribution in [3.63, 3.8) is 0 Å². The molecule has 0 bridgehead atoms. The summed E-state index contributed by atoms with van der Waals surface area (Å²) in [5, 5.41) is 0. The predicted octanol–water partition coefficient (Wildman–Crippen LogP) is 3.26. The molecule has 142 valence electrons. The Morgan fingerprint density at radius 2 is 1.81 bits per heavy atom. The van der Waals surface area contributed by atoms with Crippen molar-refractivity contribution in [2.75, 3.05) is 26.2 Å². The first kappa shape index (κ1) is 18.9. The second-order valence-electron chi connectivity index (χ2n) is 7.70. The Morgan fingerprint density at radius 1 is 1.08 bits per heavy atom. The third-order valence-electron chi connectivity index (χ3n) is 5.90. The summed E-state index contributed by atoms with van der Waals surface area (Å²) in [4.78, 5) is 28.2. The Labute approximate surface area is 155 Å². The summed E-state index contributed by atoms with van der Waals surface area (Å²) in [5.41, 5.74) is 0.771. The number of hydrogen-bond acceptors (Lipinski definition) is 2. The first-order valence-electron chi connectivity index (χ1n) is 9.82. The number of piperidine rings is 2. The van der Waals surface area contributed by atoms with Gasteiger partial charge in [-0.15, -0.1) is 0 Å². The van der Waals surface area contributed by atoms with E-state index in [4.69, 9.17) is 0 Å². The fourth-order valence-corrected chi connectivity index (χ4v) is 4.26. The molecule has 2 aliphatic heterocycles. The van der Waals surface area contributed by atoms with Gasteiger partial charge < -0.3 is 9.80 Å². The average Bonchev–Trinajstić information content (AvgIpc) is 2.67. The summed E-state index contributed by atoms with van der Waals surface area (Å²) >= 11 is 0. The zero-order chi connectivity index (χ0) is 18.5. The molecule has 2 aliphatic rings. The van der Waals surface area contributed by atoms with Crippen LogP contribution < -0.4 is 0 Å². The van der Waals surface area contributed by atoms with Crippen LogP contribution in [0, 0.1) is 17.7 Å². The summed E-state index contributed by atoms with van der Waals surface area (Å²) in [6.45, 7) is 4.60. The van der Waals surface area contributed by atoms with Crippen molar-refractivity contribution in [2.45, 2.75) is 45.4 Å². The fourth-order valence-electron chi connectivity index (χ4n) is 4.26. The van der Waals surface area contributed by atoms with Gasteiger partial charge >= 0.3 is 0 Å². The standard InChI is InChI=1S/C21H29FN2O2/c1-16(25)23-13-10-19(11-14-23)21(26)24-12-4-5-17(15-24)8-9-18-6-2-3-7-20(18)22/h2-3,6-7,17,19H,4-5,8-15H2,1H3. The van der Waals surface area contributed by atoms with Crippen LogP contribution in [0.15, 0.2) is 24.3 Å². The van der Waals surface area contributed by atoms with Crippen molar-refractivity contribution in [2.24, 2.45) is 11.8 Å². The van der Waals surface area contributed by atoms with Crippen molar-refractivity contribution in [1.82, 2.24) is 9.80 Å². The van der Waals surface area contributed by atoms with Gasteiger partial charge in [-0.1, -0.05) is 18.2 Å². The van der Waals surface area contributed by atoms with Gasteiger partial charge in [0.2, 0.25) is 11.8 Å². The van der Waals surface area contributed by atoms with E-state index in [0.29, 0.717) is 19.0 Å². The van der Waals surface area contributed by atoms with Gasteiger partial charge in [-0.05, 0) is 56.1 Å². The highest BCUT2D eigenvalue weighted by molar-refractivity contribution is 5.79. The molecule has 0 N–H and O–H groups in total. The molecular weight excluding hydrogens is 331 g/mol. The van der Waals surface area contributed by atoms with E-state index >= 15 is 0 Å². The zero-order valence-corrected chi connectivity index (χ0v) is 15.6. The molecule has 2 amide bonds. The first-order chi connectivity index (χ1) is 12.5. The monoisotopic (exact) mass is 360 g/mol. The normalized spacial score (nSPS) is 21.7. The number of amides is 2. The Hall–Kier alpha value is -1.91. The molecule has 1 aromatic carbocycles. The van der Waals surface area contributed by atoms with E-state index in [2.05, 4.69) is 0 Å². The topological polar surface area (TPSA) is 40.6 Å². The number of halogens is 1. The van der Waals surface area contributed by atoms with Crippen molar-refractivity contribution in [3.05, 3.63) is 35.6 Å². The number of benzene rings is 1. The molecule has 0 radical (unpaired) electrons. The van der Waals surface area contributed by atoms with Crippen LogP contribution in [0.1, 0.15) is 44.6 Å². The lowest BCUT2D eigenvalue weighted by molar-refractivity contribution is -0.141. The van der Waals surface area contributed by atoms with Crippen LogP contribution in [0.2, 0.25) is 0 Å². The molecule has 1 aromatic rings. The molecule has 26 heavy (non-hydrogen) atoms. The maximum atomic E-state index is 13.8. The Bertz CT molecular complexity index is 641. The van der Waals surface area contributed by atoms with E-state index in [1.807, 2.05) is 21.9 Å². The second kappa shape index (κ2) is 8.65. The van der Waals surface area contributed by atoms with Crippen molar-refractivity contribution >= 4 is 11.8 Å². The highest BCUT2D eigenvalue weighted by Gasteiger charge is 2.31. The SMILES string of the molecule is CC(=O)N1CCC(C(=O)N2CCCC(CCc3ccccc3F)C2)CC1. The number of nitrogens with zero attached hydrogens (tertiary/aromatic N) is 2. The highest BCUT2D eigenvalue weighted by Crippen LogP contribution is 2.26. The molecular formula is C21H29FN2O2. The van der Waals surface area contributed by atoms with E-state index < -0.39 is 0 Å². The quantitative estimate of drug-likeness (QED) is 0.827. The first-order valence-corrected chi connectivity index (χ1v) is 9.82. The van der Waals surface area contributed by atoms with Crippen LogP contribution in [-0.2, 0) is 16.0 Å². The molecule has 2 saturated heterocycles. The summed E-state index contributed by atoms with van der Waals surface area (Å²) < 4.78 is 13.8. The van der Waals surface area contributed by atoms with Crippen LogP contribution >= 0.6 is 0 Å². The van der Waals surface area contributed by atoms with Gasteiger partial charge in [0, 0.05) is 39.0 Å². The minimum atomic E-state index is -0.131. The van der Waals surface area contributed by atoms with Crippen molar-refractivity contribution in [1.29, 1.82) is 0 Å². The number of rotatable bonds is 4. The highest BCUT2D eigenvalue weighted by atomic mass is 19.1. The summed E-state index contributed by atoms with van der Waals surface area (Å²) in [5.74, 6) is 0.722. The number of hydrogen-bond donors (Lipinski definition) is 0. The largest absolute Gasteiger partial charge is 0.343 e. The van der Waals surface area contributed by atoms with Gasteiger partial charge in [0.25, 0.3) is 0 Å². The Balaban J connectivity index is 1.49. The Morgan fingerprint density at radius 3 is 2.50 bits per heavy atom. The van der Waals surface area contributed by atoms with Gasteiger partial charge in [-0.2, -0.15) is 0 Å². The lowest BCUT2D eigenvalue weighted by Crippen LogP contribution is -2.47. The molecule has 0 aliphatic carbocycles. The molecule has 2 heterocycles. The van der Waals surface area contributed by atoms with E-state index in [1.54, 1.807) is 13.0 Å². The van der Waals surface area contributed by atoms with Gasteiger partial charge in [0.05, 0.1) is 0 Å². The summed E-state index contributed by atoms with van der Waals surface area (Å²) in [6, 6.07) is 6.96. The van der Waals surface area contributed by atoms with Crippen LogP contribution in [-0.4, -0.2) is 47.8 Å². The maximum Gasteiger partial charge on any atom is 0.225 e. The minimum absolute atomic E-state index is 0.0518. The van der Waals surface area contributed by atoms with E-state index in [9.17, 15) is 14.0 Å². The zero-order valence-electron chi connectivity index (χ0n) is 15.6. The molecule has 4 nitrogen and oxygen atoms in total. The van der Waals surface area contributed by atoms with Crippen LogP contribution in [0.3, 0.4) is 0 Å². The lowest BCUT2D eigenvalue weighted by atomic mass is 9.89. The van der Waals surface area contributed by atoms with Gasteiger partial charge in [0.1, 0.15) is 5.82 Å². The molecule has 2 fully saturated rings. The number of carbonyl (C=O) groups excluding carboxylic acids is 2. The third kappa shape index (κ3) is 4.63. The number of carbonyl (C=O) groups is 2. The van der Waals surface area contributed by atoms with Crippen molar-refractivity contribution < 1.29 is 14.0 Å². The molecule has 0 saturated carbocycles. The molecule has 0 aromatic heterocycles. The van der Waals surface area contributed by atoms with Crippen LogP contribution in [0.4, 0.5) is 4.39 Å². The maximum absolute atomic E-state index is 13.8. The molecule has 3 rings (SSSR count). The smallest absolute Gasteiger partial charge is 0.225 e. The van der Waals surface area contributed by atoms with Crippen molar-refractivity contribution in [3.8, 4) is 0 Å². The number of likely N-dealkylation sites (tertiary alicyclic amines) is 2. The third-order valence-corrected chi connectivity index (χ3v) is 5.90. The molecule has 1 unspecified atom stereocenters. The summed E-state index contributed by atoms with van der Waals surface area (Å²) in [7, 11) is 0. The van der Waals surface area contributed by atoms with Crippen LogP contribution in [0.25, 0.3) is 0 Å². The minimum Gasteiger partial charge on any atom is -0.343 e. The average molecular weight is 360 g/mol. The fraction of sp³-hybridized carbons (Fsp3) is 0.619. The van der Waals surface area contributed by atoms with Gasteiger partial charge in [-0.25, -0.2) is 4.39 Å². The molecule has 5 heteroatoms. The van der Waals surface area contributed by atoms with Crippen LogP contribution in [0.5, 0.6) is 0 Å². The molecule has 0 spiro atoms. The molecule has 1 atom stereocenters. The predicted molar refractivity (Wildman–Crippen MR) is 99.0 cm³/mol. The van der Waals surface area contributed by atoms with Gasteiger partial charge in [-0.3, -0.25) is 9.59 Å². The van der Waals surface area contributed by atoms with E-state index in [1.165, 1.54) is 6.07 Å². The van der Waals surface area contributed by atoms with Gasteiger partial charge in [0.15, 0.2) is 0 Å². The lowest BCUT2D eigenvalue weighted by Gasteiger charge is -2.37. The second-order valence-corrected chi connectivity index (χ2v) is 7.70. The summed E-state index contributed by atoms with van der Waals surface area (Å²) in [6.07, 6.45) is 5.34.